The van der Waals surface area contributed by atoms with E-state index < -0.39 is 0 Å². The Hall–Kier alpha value is -0.690. The molecule has 0 fully saturated rings. The van der Waals surface area contributed by atoms with Crippen molar-refractivity contribution >= 4 is 11.8 Å². The van der Waals surface area contributed by atoms with E-state index in [4.69, 9.17) is 6.85 Å². The molecule has 1 heteroatoms. The van der Waals surface area contributed by atoms with Crippen LogP contribution in [0.4, 0.5) is 0 Å². The van der Waals surface area contributed by atoms with Crippen molar-refractivity contribution in [1.82, 2.24) is 0 Å². The largest absolute Gasteiger partial charge is 0.0987 e. The molecule has 0 aliphatic rings. The van der Waals surface area contributed by atoms with Gasteiger partial charge in [-0.05, 0) is 17.5 Å². The first-order chi connectivity index (χ1) is 6.50. The maximum atomic E-state index is 7.50. The molecule has 0 heterocycles. The van der Waals surface area contributed by atoms with E-state index in [1.807, 2.05) is 0 Å². The Balaban J connectivity index is 3.50. The van der Waals surface area contributed by atoms with Crippen molar-refractivity contribution in [2.45, 2.75) is 4.90 Å². The van der Waals surface area contributed by atoms with Gasteiger partial charge >= 0.3 is 0 Å². The van der Waals surface area contributed by atoms with E-state index in [2.05, 4.69) is 6.58 Å². The lowest BCUT2D eigenvalue weighted by Crippen LogP contribution is -1.62. The molecule has 0 saturated heterocycles. The van der Waals surface area contributed by atoms with Crippen molar-refractivity contribution in [1.29, 1.82) is 0 Å². The molecule has 46 valence electrons. The van der Waals surface area contributed by atoms with Crippen LogP contribution in [0.25, 0.3) is 0 Å². The summed E-state index contributed by atoms with van der Waals surface area (Å²) in [6, 6.07) is -1.35. The Morgan fingerprint density at radius 2 is 2.11 bits per heavy atom. The highest BCUT2D eigenvalue weighted by molar-refractivity contribution is 8.02. The zero-order valence-corrected chi connectivity index (χ0v) is 5.51. The second-order valence-electron chi connectivity index (χ2n) is 1.24. The van der Waals surface area contributed by atoms with Crippen LogP contribution >= 0.6 is 11.8 Å². The standard InChI is InChI=1S/C8H8S/c1-2-9-8-6-4-3-5-7-8/h2-7H,1H2/i3D,4D,5D,6D,7D. The summed E-state index contributed by atoms with van der Waals surface area (Å²) in [5.41, 5.74) is 0. The van der Waals surface area contributed by atoms with E-state index in [-0.39, 0.29) is 35.1 Å². The van der Waals surface area contributed by atoms with Crippen molar-refractivity contribution in [2.75, 3.05) is 0 Å². The van der Waals surface area contributed by atoms with Gasteiger partial charge in [0.1, 0.15) is 0 Å². The monoisotopic (exact) mass is 141 g/mol. The molecule has 0 N–H and O–H groups in total. The number of hydrogen-bond acceptors (Lipinski definition) is 1. The summed E-state index contributed by atoms with van der Waals surface area (Å²) >= 11 is 1.03. The second-order valence-corrected chi connectivity index (χ2v) is 2.22. The lowest BCUT2D eigenvalue weighted by atomic mass is 10.4. The smallest absolute Gasteiger partial charge is 0.0635 e. The fourth-order valence-electron chi connectivity index (χ4n) is 0.381. The molecular weight excluding hydrogens is 128 g/mol. The number of benzene rings is 1. The Bertz CT molecular complexity index is 359. The molecule has 9 heavy (non-hydrogen) atoms. The molecular formula is C8H8S. The van der Waals surface area contributed by atoms with Gasteiger partial charge in [0.15, 0.2) is 0 Å². The van der Waals surface area contributed by atoms with Crippen molar-refractivity contribution in [3.05, 3.63) is 42.2 Å². The van der Waals surface area contributed by atoms with Crippen molar-refractivity contribution in [3.63, 3.8) is 0 Å². The molecule has 0 aliphatic heterocycles. The first-order valence-corrected chi connectivity index (χ1v) is 3.23. The lowest BCUT2D eigenvalue weighted by molar-refractivity contribution is 1.47. The van der Waals surface area contributed by atoms with Gasteiger partial charge in [-0.15, -0.1) is 0 Å². The number of hydrogen-bond donors (Lipinski definition) is 0. The maximum absolute atomic E-state index is 7.50. The van der Waals surface area contributed by atoms with Crippen LogP contribution in [0.3, 0.4) is 0 Å². The SMILES string of the molecule is [2H]c1c([2H])c([2H])c(SC=C)c([2H])c1[2H]. The summed E-state index contributed by atoms with van der Waals surface area (Å²) in [5, 5.41) is 1.44. The molecule has 0 aliphatic carbocycles. The Kier molecular flexibility index (Phi) is 0.935. The van der Waals surface area contributed by atoms with E-state index in [9.17, 15) is 0 Å². The molecule has 1 aromatic carbocycles. The van der Waals surface area contributed by atoms with Gasteiger partial charge in [0.2, 0.25) is 0 Å². The minimum Gasteiger partial charge on any atom is -0.0987 e. The summed E-state index contributed by atoms with van der Waals surface area (Å²) in [6.45, 7) is 3.45. The zero-order valence-electron chi connectivity index (χ0n) is 9.69. The molecule has 1 rings (SSSR count). The first kappa shape index (κ1) is 2.51. The Labute approximate surface area is 66.6 Å². The summed E-state index contributed by atoms with van der Waals surface area (Å²) in [5.74, 6) is 0. The van der Waals surface area contributed by atoms with Crippen LogP contribution in [0.1, 0.15) is 6.85 Å². The van der Waals surface area contributed by atoms with Gasteiger partial charge in [-0.2, -0.15) is 0 Å². The highest BCUT2D eigenvalue weighted by Gasteiger charge is 1.82. The van der Waals surface area contributed by atoms with Crippen LogP contribution in [0, 0.1) is 0 Å². The molecule has 0 spiro atoms. The van der Waals surface area contributed by atoms with Gasteiger partial charge < -0.3 is 0 Å². The molecule has 0 radical (unpaired) electrons. The molecule has 0 unspecified atom stereocenters. The van der Waals surface area contributed by atoms with E-state index >= 15 is 0 Å². The summed E-state index contributed by atoms with van der Waals surface area (Å²) in [6.07, 6.45) is 0. The Morgan fingerprint density at radius 1 is 1.44 bits per heavy atom. The third kappa shape index (κ3) is 1.94. The summed E-state index contributed by atoms with van der Waals surface area (Å²) in [7, 11) is 0. The minimum absolute atomic E-state index is 0.180. The molecule has 0 saturated carbocycles. The molecule has 0 nitrogen and oxygen atoms in total. The minimum atomic E-state index is -0.367. The predicted molar refractivity (Wildman–Crippen MR) is 42.5 cm³/mol. The third-order valence-corrected chi connectivity index (χ3v) is 1.28. The van der Waals surface area contributed by atoms with Crippen molar-refractivity contribution in [3.8, 4) is 0 Å². The molecule has 0 atom stereocenters. The second kappa shape index (κ2) is 3.36. The lowest BCUT2D eigenvalue weighted by Gasteiger charge is -1.90. The van der Waals surface area contributed by atoms with Gasteiger partial charge in [-0.25, -0.2) is 0 Å². The molecule has 0 bridgehead atoms. The van der Waals surface area contributed by atoms with Crippen LogP contribution in [-0.4, -0.2) is 0 Å². The quantitative estimate of drug-likeness (QED) is 0.571. The van der Waals surface area contributed by atoms with Crippen LogP contribution in [-0.2, 0) is 0 Å². The molecule has 0 amide bonds. The Morgan fingerprint density at radius 3 is 2.67 bits per heavy atom. The van der Waals surface area contributed by atoms with Crippen LogP contribution in [0.2, 0.25) is 0 Å². The van der Waals surface area contributed by atoms with Crippen molar-refractivity contribution in [2.24, 2.45) is 0 Å². The predicted octanol–water partition coefficient (Wildman–Crippen LogP) is 2.92. The van der Waals surface area contributed by atoms with Gasteiger partial charge in [0.05, 0.1) is 6.85 Å². The third-order valence-electron chi connectivity index (χ3n) is 0.678. The normalized spacial score (nSPS) is 16.7. The average Bonchev–Trinajstić information content (AvgIpc) is 2.19. The highest BCUT2D eigenvalue weighted by Crippen LogP contribution is 2.16. The summed E-state index contributed by atoms with van der Waals surface area (Å²) in [4.78, 5) is 0.214. The molecule has 0 aromatic heterocycles. The van der Waals surface area contributed by atoms with E-state index in [0.29, 0.717) is 0 Å². The zero-order chi connectivity index (χ0) is 10.9. The average molecular weight is 141 g/mol. The fraction of sp³-hybridized carbons (Fsp3) is 0. The number of rotatable bonds is 2. The van der Waals surface area contributed by atoms with Gasteiger partial charge in [-0.1, -0.05) is 36.5 Å². The van der Waals surface area contributed by atoms with Gasteiger partial charge in [0.25, 0.3) is 0 Å². The summed E-state index contributed by atoms with van der Waals surface area (Å²) < 4.78 is 37.0. The number of thioether (sulfide) groups is 1. The first-order valence-electron chi connectivity index (χ1n) is 4.85. The maximum Gasteiger partial charge on any atom is 0.0635 e. The van der Waals surface area contributed by atoms with E-state index in [1.165, 1.54) is 5.41 Å². The van der Waals surface area contributed by atoms with Gasteiger partial charge in [-0.3, -0.25) is 0 Å². The van der Waals surface area contributed by atoms with Gasteiger partial charge in [0, 0.05) is 4.90 Å². The fourth-order valence-corrected chi connectivity index (χ4v) is 0.767. The van der Waals surface area contributed by atoms with Crippen LogP contribution < -0.4 is 0 Å². The molecule has 1 aromatic rings. The highest BCUT2D eigenvalue weighted by atomic mass is 32.2. The van der Waals surface area contributed by atoms with E-state index in [1.54, 1.807) is 0 Å². The van der Waals surface area contributed by atoms with Crippen LogP contribution in [0.15, 0.2) is 47.1 Å². The van der Waals surface area contributed by atoms with Crippen molar-refractivity contribution < 1.29 is 6.85 Å². The topological polar surface area (TPSA) is 0 Å². The van der Waals surface area contributed by atoms with Crippen LogP contribution in [0.5, 0.6) is 0 Å². The van der Waals surface area contributed by atoms with E-state index in [0.717, 1.165) is 11.8 Å².